The summed E-state index contributed by atoms with van der Waals surface area (Å²) in [5.41, 5.74) is 0.856. The molecule has 0 heterocycles. The molecule has 3 aromatic rings. The van der Waals surface area contributed by atoms with Crippen molar-refractivity contribution in [1.29, 1.82) is 0 Å². The van der Waals surface area contributed by atoms with Crippen LogP contribution in [-0.4, -0.2) is 25.3 Å². The molecule has 0 aliphatic rings. The maximum absolute atomic E-state index is 13.6. The average Bonchev–Trinajstić information content (AvgIpc) is 2.80. The van der Waals surface area contributed by atoms with Gasteiger partial charge < -0.3 is 9.47 Å². The van der Waals surface area contributed by atoms with Crippen molar-refractivity contribution in [3.05, 3.63) is 91.4 Å². The molecule has 12 heteroatoms. The molecule has 0 saturated carbocycles. The number of esters is 2. The Morgan fingerprint density at radius 2 is 1.51 bits per heavy atom. The van der Waals surface area contributed by atoms with E-state index in [9.17, 15) is 28.1 Å². The van der Waals surface area contributed by atoms with Crippen molar-refractivity contribution >= 4 is 43.6 Å². The van der Waals surface area contributed by atoms with Crippen molar-refractivity contribution in [2.24, 2.45) is 0 Å². The van der Waals surface area contributed by atoms with Gasteiger partial charge in [-0.25, -0.2) is 8.42 Å². The van der Waals surface area contributed by atoms with Crippen molar-refractivity contribution in [2.75, 3.05) is 0 Å². The summed E-state index contributed by atoms with van der Waals surface area (Å²) >= 11 is 3.39. The maximum atomic E-state index is 13.6. The molecule has 0 bridgehead atoms. The van der Waals surface area contributed by atoms with Crippen LogP contribution in [0.3, 0.4) is 0 Å². The normalized spacial score (nSPS) is 12.0. The van der Waals surface area contributed by atoms with Crippen LogP contribution in [0.4, 0.5) is 5.69 Å². The quantitative estimate of drug-likeness (QED) is 0.169. The molecule has 0 saturated heterocycles. The lowest BCUT2D eigenvalue weighted by molar-refractivity contribution is -0.387. The highest BCUT2D eigenvalue weighted by Gasteiger charge is 2.33. The highest BCUT2D eigenvalue weighted by Crippen LogP contribution is 2.41. The molecule has 3 aromatic carbocycles. The molecule has 0 aromatic heterocycles. The van der Waals surface area contributed by atoms with Gasteiger partial charge in [-0.15, -0.1) is 0 Å². The lowest BCUT2D eigenvalue weighted by atomic mass is 9.94. The van der Waals surface area contributed by atoms with Gasteiger partial charge in [0.05, 0.1) is 11.0 Å². The Labute approximate surface area is 221 Å². The number of nitrogens with zero attached hydrogens (tertiary/aromatic N) is 1. The van der Waals surface area contributed by atoms with Crippen LogP contribution in [0.15, 0.2) is 64.0 Å². The van der Waals surface area contributed by atoms with Gasteiger partial charge >= 0.3 is 11.9 Å². The Balaban J connectivity index is 2.35. The lowest BCUT2D eigenvalue weighted by Gasteiger charge is -2.25. The Bertz CT molecular complexity index is 1500. The molecule has 3 rings (SSSR count). The standard InChI is InChI=1S/C25H23BrN2O8S/c1-14-8-7-9-19(24(14)35-16(3)29)23(20-13-18(26)12-15(2)25(20)36-17(4)30)27-37(33,34)22-11-6-5-10-21(22)28(31)32/h5-13,23,27H,1-4H3. The predicted octanol–water partition coefficient (Wildman–Crippen LogP) is 4.89. The fourth-order valence-electron chi connectivity index (χ4n) is 3.79. The van der Waals surface area contributed by atoms with Crippen LogP contribution in [0.5, 0.6) is 11.5 Å². The highest BCUT2D eigenvalue weighted by atomic mass is 79.9. The number of hydrogen-bond donors (Lipinski definition) is 1. The van der Waals surface area contributed by atoms with E-state index < -0.39 is 43.5 Å². The fraction of sp³-hybridized carbons (Fsp3) is 0.200. The molecule has 1 unspecified atom stereocenters. The average molecular weight is 591 g/mol. The summed E-state index contributed by atoms with van der Waals surface area (Å²) in [6, 6.07) is 11.7. The van der Waals surface area contributed by atoms with Crippen molar-refractivity contribution in [3.8, 4) is 11.5 Å². The number of sulfonamides is 1. The van der Waals surface area contributed by atoms with Crippen molar-refractivity contribution < 1.29 is 32.4 Å². The molecule has 1 atom stereocenters. The summed E-state index contributed by atoms with van der Waals surface area (Å²) < 4.78 is 41.1. The highest BCUT2D eigenvalue weighted by molar-refractivity contribution is 9.10. The maximum Gasteiger partial charge on any atom is 0.308 e. The van der Waals surface area contributed by atoms with Gasteiger partial charge in [-0.3, -0.25) is 19.7 Å². The van der Waals surface area contributed by atoms with E-state index in [0.29, 0.717) is 15.6 Å². The van der Waals surface area contributed by atoms with E-state index >= 15 is 0 Å². The van der Waals surface area contributed by atoms with Gasteiger partial charge in [0.15, 0.2) is 4.90 Å². The molecule has 1 N–H and O–H groups in total. The molecule has 0 aliphatic heterocycles. The Kier molecular flexibility index (Phi) is 8.46. The number of rotatable bonds is 8. The summed E-state index contributed by atoms with van der Waals surface area (Å²) in [5, 5.41) is 11.6. The van der Waals surface area contributed by atoms with Crippen LogP contribution in [0.2, 0.25) is 0 Å². The zero-order valence-corrected chi connectivity index (χ0v) is 22.7. The van der Waals surface area contributed by atoms with E-state index in [4.69, 9.17) is 9.47 Å². The fourth-order valence-corrected chi connectivity index (χ4v) is 5.74. The minimum absolute atomic E-state index is 0.0845. The van der Waals surface area contributed by atoms with Crippen LogP contribution in [0.1, 0.15) is 42.1 Å². The molecule has 0 aliphatic carbocycles. The van der Waals surface area contributed by atoms with Gasteiger partial charge in [0.25, 0.3) is 5.69 Å². The number of nitro groups is 1. The second kappa shape index (κ2) is 11.2. The number of carbonyl (C=O) groups is 2. The molecule has 0 radical (unpaired) electrons. The SMILES string of the molecule is CC(=O)Oc1c(C)cccc1C(NS(=O)(=O)c1ccccc1[N+](=O)[O-])c1cc(Br)cc(C)c1OC(C)=O. The number of carbonyl (C=O) groups excluding carboxylic acids is 2. The summed E-state index contributed by atoms with van der Waals surface area (Å²) in [5.74, 6) is -1.10. The van der Waals surface area contributed by atoms with Crippen LogP contribution in [-0.2, 0) is 19.6 Å². The van der Waals surface area contributed by atoms with E-state index in [1.165, 1.54) is 26.0 Å². The first kappa shape index (κ1) is 28.0. The predicted molar refractivity (Wildman–Crippen MR) is 138 cm³/mol. The van der Waals surface area contributed by atoms with Crippen LogP contribution >= 0.6 is 15.9 Å². The largest absolute Gasteiger partial charge is 0.426 e. The third kappa shape index (κ3) is 6.40. The van der Waals surface area contributed by atoms with E-state index in [-0.39, 0.29) is 22.6 Å². The molecular formula is C25H23BrN2O8S. The van der Waals surface area contributed by atoms with Crippen molar-refractivity contribution in [1.82, 2.24) is 4.72 Å². The first-order chi connectivity index (χ1) is 17.3. The van der Waals surface area contributed by atoms with Gasteiger partial charge in [0, 0.05) is 35.5 Å². The first-order valence-corrected chi connectivity index (χ1v) is 13.1. The molecule has 0 amide bonds. The number of nitrogens with one attached hydrogen (secondary N) is 1. The third-order valence-electron chi connectivity index (χ3n) is 5.25. The Hall–Kier alpha value is -3.61. The van der Waals surface area contributed by atoms with Crippen molar-refractivity contribution in [2.45, 2.75) is 38.6 Å². The van der Waals surface area contributed by atoms with Gasteiger partial charge in [-0.05, 0) is 43.2 Å². The minimum Gasteiger partial charge on any atom is -0.426 e. The first-order valence-electron chi connectivity index (χ1n) is 10.8. The summed E-state index contributed by atoms with van der Waals surface area (Å²) in [4.78, 5) is 34.1. The van der Waals surface area contributed by atoms with Crippen LogP contribution in [0, 0.1) is 24.0 Å². The zero-order chi connectivity index (χ0) is 27.5. The van der Waals surface area contributed by atoms with Gasteiger partial charge in [0.2, 0.25) is 10.0 Å². The molecular weight excluding hydrogens is 568 g/mol. The second-order valence-electron chi connectivity index (χ2n) is 8.10. The molecule has 37 heavy (non-hydrogen) atoms. The Morgan fingerprint density at radius 1 is 0.919 bits per heavy atom. The van der Waals surface area contributed by atoms with Crippen molar-refractivity contribution in [3.63, 3.8) is 0 Å². The van der Waals surface area contributed by atoms with E-state index in [2.05, 4.69) is 20.7 Å². The van der Waals surface area contributed by atoms with E-state index in [0.717, 1.165) is 12.1 Å². The summed E-state index contributed by atoms with van der Waals surface area (Å²) in [7, 11) is -4.55. The van der Waals surface area contributed by atoms with Crippen LogP contribution < -0.4 is 14.2 Å². The second-order valence-corrected chi connectivity index (χ2v) is 10.7. The monoisotopic (exact) mass is 590 g/mol. The molecule has 0 spiro atoms. The number of para-hydroxylation sites is 2. The molecule has 0 fully saturated rings. The number of nitro benzene ring substituents is 1. The summed E-state index contributed by atoms with van der Waals surface area (Å²) in [6.07, 6.45) is 0. The number of benzene rings is 3. The number of ether oxygens (including phenoxy) is 2. The lowest BCUT2D eigenvalue weighted by Crippen LogP contribution is -2.31. The smallest absolute Gasteiger partial charge is 0.308 e. The van der Waals surface area contributed by atoms with E-state index in [1.807, 2.05) is 0 Å². The zero-order valence-electron chi connectivity index (χ0n) is 20.3. The van der Waals surface area contributed by atoms with Crippen LogP contribution in [0.25, 0.3) is 0 Å². The number of halogens is 1. The minimum atomic E-state index is -4.55. The molecule has 10 nitrogen and oxygen atoms in total. The number of hydrogen-bond acceptors (Lipinski definition) is 8. The third-order valence-corrected chi connectivity index (χ3v) is 7.18. The molecule has 194 valence electrons. The van der Waals surface area contributed by atoms with Gasteiger partial charge in [0.1, 0.15) is 11.5 Å². The van der Waals surface area contributed by atoms with E-state index in [1.54, 1.807) is 44.2 Å². The Morgan fingerprint density at radius 3 is 2.11 bits per heavy atom. The van der Waals surface area contributed by atoms with Gasteiger partial charge in [-0.1, -0.05) is 46.3 Å². The number of aryl methyl sites for hydroxylation is 2. The topological polar surface area (TPSA) is 142 Å². The van der Waals surface area contributed by atoms with Gasteiger partial charge in [-0.2, -0.15) is 4.72 Å². The summed E-state index contributed by atoms with van der Waals surface area (Å²) in [6.45, 7) is 5.75.